The normalized spacial score (nSPS) is 11.9. The van der Waals surface area contributed by atoms with E-state index in [9.17, 15) is 0 Å². The molecule has 0 radical (unpaired) electrons. The van der Waals surface area contributed by atoms with Crippen molar-refractivity contribution in [2.45, 2.75) is 26.3 Å². The van der Waals surface area contributed by atoms with Gasteiger partial charge in [-0.3, -0.25) is 0 Å². The molecule has 0 aliphatic heterocycles. The Morgan fingerprint density at radius 1 is 0.906 bits per heavy atom. The number of imidazole rings is 1. The summed E-state index contributed by atoms with van der Waals surface area (Å²) in [7, 11) is 1.76. The van der Waals surface area contributed by atoms with Crippen LogP contribution in [-0.2, 0) is 12.6 Å². The van der Waals surface area contributed by atoms with Gasteiger partial charge in [0.25, 0.3) is 0 Å². The van der Waals surface area contributed by atoms with Crippen molar-refractivity contribution in [2.75, 3.05) is 5.73 Å². The highest BCUT2D eigenvalue weighted by molar-refractivity contribution is 5.88. The van der Waals surface area contributed by atoms with Crippen LogP contribution in [0.15, 0.2) is 54.9 Å². The van der Waals surface area contributed by atoms with Gasteiger partial charge in [0, 0.05) is 34.6 Å². The van der Waals surface area contributed by atoms with Crippen LogP contribution in [-0.4, -0.2) is 39.7 Å². The third-order valence-electron chi connectivity index (χ3n) is 5.25. The summed E-state index contributed by atoms with van der Waals surface area (Å²) in [5.74, 6) is 1.67. The number of tetrazole rings is 1. The molecule has 9 nitrogen and oxygen atoms in total. The monoisotopic (exact) mass is 425 g/mol. The molecule has 3 aromatic heterocycles. The molecule has 5 aromatic rings. The van der Waals surface area contributed by atoms with Crippen molar-refractivity contribution in [2.24, 2.45) is 7.05 Å². The molecular formula is C23H23N9. The van der Waals surface area contributed by atoms with Gasteiger partial charge in [0.1, 0.15) is 5.82 Å². The van der Waals surface area contributed by atoms with Crippen molar-refractivity contribution in [3.8, 4) is 33.9 Å². The van der Waals surface area contributed by atoms with Crippen LogP contribution in [0.5, 0.6) is 0 Å². The predicted molar refractivity (Wildman–Crippen MR) is 123 cm³/mol. The number of fused-ring (bicyclic) bond motifs is 1. The molecular weight excluding hydrogens is 402 g/mol. The molecule has 0 aliphatic rings. The molecule has 0 aliphatic carbocycles. The largest absolute Gasteiger partial charge is 0.368 e. The molecule has 2 aromatic carbocycles. The van der Waals surface area contributed by atoms with Gasteiger partial charge in [-0.1, -0.05) is 30.3 Å². The molecule has 0 atom stereocenters. The minimum atomic E-state index is -0.210. The van der Waals surface area contributed by atoms with Crippen molar-refractivity contribution in [3.63, 3.8) is 0 Å². The second kappa shape index (κ2) is 7.23. The smallest absolute Gasteiger partial charge is 0.219 e. The number of hydrogen-bond donors (Lipinski definition) is 1. The summed E-state index contributed by atoms with van der Waals surface area (Å²) in [6.07, 6.45) is 3.44. The molecule has 0 unspecified atom stereocenters. The Morgan fingerprint density at radius 3 is 2.28 bits per heavy atom. The summed E-state index contributed by atoms with van der Waals surface area (Å²) < 4.78 is 2.25. The van der Waals surface area contributed by atoms with Gasteiger partial charge in [-0.15, -0.1) is 10.2 Å². The van der Waals surface area contributed by atoms with Crippen LogP contribution in [0, 0.1) is 0 Å². The highest BCUT2D eigenvalue weighted by atomic mass is 15.6. The highest BCUT2D eigenvalue weighted by Gasteiger charge is 2.25. The quantitative estimate of drug-likeness (QED) is 0.469. The van der Waals surface area contributed by atoms with E-state index in [0.717, 1.165) is 39.1 Å². The number of aromatic nitrogens is 8. The van der Waals surface area contributed by atoms with Gasteiger partial charge in [-0.05, 0) is 43.7 Å². The second-order valence-corrected chi connectivity index (χ2v) is 8.62. The molecule has 32 heavy (non-hydrogen) atoms. The van der Waals surface area contributed by atoms with E-state index < -0.39 is 0 Å². The maximum atomic E-state index is 5.64. The maximum absolute atomic E-state index is 5.64. The van der Waals surface area contributed by atoms with Gasteiger partial charge in [-0.25, -0.2) is 15.0 Å². The van der Waals surface area contributed by atoms with E-state index in [1.807, 2.05) is 24.3 Å². The molecule has 0 fully saturated rings. The van der Waals surface area contributed by atoms with Gasteiger partial charge >= 0.3 is 0 Å². The Morgan fingerprint density at radius 2 is 1.62 bits per heavy atom. The van der Waals surface area contributed by atoms with Crippen LogP contribution in [0.3, 0.4) is 0 Å². The molecule has 0 bridgehead atoms. The van der Waals surface area contributed by atoms with Crippen molar-refractivity contribution >= 4 is 17.0 Å². The zero-order valence-electron chi connectivity index (χ0n) is 18.4. The van der Waals surface area contributed by atoms with Crippen molar-refractivity contribution in [1.29, 1.82) is 0 Å². The Bertz CT molecular complexity index is 1420. The number of nitrogens with zero attached hydrogens (tertiary/aromatic N) is 8. The van der Waals surface area contributed by atoms with E-state index in [4.69, 9.17) is 10.7 Å². The fourth-order valence-electron chi connectivity index (χ4n) is 3.87. The van der Waals surface area contributed by atoms with Crippen LogP contribution < -0.4 is 5.73 Å². The summed E-state index contributed by atoms with van der Waals surface area (Å²) >= 11 is 0. The topological polar surface area (TPSA) is 113 Å². The highest BCUT2D eigenvalue weighted by Crippen LogP contribution is 2.36. The summed E-state index contributed by atoms with van der Waals surface area (Å²) in [5, 5.41) is 12.6. The van der Waals surface area contributed by atoms with Crippen molar-refractivity contribution in [1.82, 2.24) is 39.7 Å². The molecule has 0 saturated carbocycles. The van der Waals surface area contributed by atoms with Gasteiger partial charge in [-0.2, -0.15) is 4.80 Å². The number of aryl methyl sites for hydroxylation is 1. The summed E-state index contributed by atoms with van der Waals surface area (Å²) in [4.78, 5) is 14.7. The fraction of sp³-hybridized carbons (Fsp3) is 0.217. The summed E-state index contributed by atoms with van der Waals surface area (Å²) in [6.45, 7) is 6.51. The third kappa shape index (κ3) is 3.37. The van der Waals surface area contributed by atoms with E-state index in [1.54, 1.807) is 19.4 Å². The molecule has 3 heterocycles. The van der Waals surface area contributed by atoms with Crippen LogP contribution in [0.4, 0.5) is 5.95 Å². The first-order chi connectivity index (χ1) is 15.3. The van der Waals surface area contributed by atoms with E-state index >= 15 is 0 Å². The number of hydrogen-bond acceptors (Lipinski definition) is 7. The first-order valence-corrected chi connectivity index (χ1v) is 10.3. The predicted octanol–water partition coefficient (Wildman–Crippen LogP) is 3.69. The van der Waals surface area contributed by atoms with Crippen LogP contribution in [0.25, 0.3) is 44.9 Å². The molecule has 2 N–H and O–H groups in total. The Hall–Kier alpha value is -4.14. The second-order valence-electron chi connectivity index (χ2n) is 8.62. The molecule has 5 rings (SSSR count). The number of rotatable bonds is 3. The summed E-state index contributed by atoms with van der Waals surface area (Å²) in [5.41, 5.74) is 11.0. The average molecular weight is 426 g/mol. The zero-order chi connectivity index (χ0) is 22.5. The van der Waals surface area contributed by atoms with Gasteiger partial charge in [0.05, 0.1) is 18.1 Å². The number of anilines is 1. The lowest BCUT2D eigenvalue weighted by Crippen LogP contribution is -2.22. The first-order valence-electron chi connectivity index (χ1n) is 10.3. The molecule has 0 saturated heterocycles. The Balaban J connectivity index is 1.74. The first kappa shape index (κ1) is 19.8. The van der Waals surface area contributed by atoms with Gasteiger partial charge < -0.3 is 10.3 Å². The average Bonchev–Trinajstić information content (AvgIpc) is 3.37. The van der Waals surface area contributed by atoms with Gasteiger partial charge in [0.2, 0.25) is 11.8 Å². The SMILES string of the molecule is Cn1nnc(-c2ccccc2-c2nc3cc(-c4cnc(N)nc4)ccc3n2C(C)(C)C)n1. The van der Waals surface area contributed by atoms with E-state index in [2.05, 4.69) is 68.9 Å². The zero-order valence-corrected chi connectivity index (χ0v) is 18.4. The Labute approximate surface area is 185 Å². The summed E-state index contributed by atoms with van der Waals surface area (Å²) in [6, 6.07) is 14.2. The molecule has 0 spiro atoms. The lowest BCUT2D eigenvalue weighted by atomic mass is 10.0. The van der Waals surface area contributed by atoms with E-state index in [1.165, 1.54) is 4.80 Å². The number of nitrogen functional groups attached to an aromatic ring is 1. The minimum absolute atomic E-state index is 0.210. The van der Waals surface area contributed by atoms with Crippen LogP contribution in [0.1, 0.15) is 20.8 Å². The molecule has 160 valence electrons. The fourth-order valence-corrected chi connectivity index (χ4v) is 3.87. The molecule has 0 amide bonds. The standard InChI is InChI=1S/C23H23N9/c1-23(2,3)32-19-10-9-14(15-12-25-22(24)26-13-15)11-18(19)27-21(32)17-8-6-5-7-16(17)20-28-30-31(4)29-20/h5-13H,1-4H3,(H2,24,25,26). The van der Waals surface area contributed by atoms with E-state index in [-0.39, 0.29) is 11.5 Å². The van der Waals surface area contributed by atoms with Crippen LogP contribution >= 0.6 is 0 Å². The minimum Gasteiger partial charge on any atom is -0.368 e. The lowest BCUT2D eigenvalue weighted by molar-refractivity contribution is 0.413. The maximum Gasteiger partial charge on any atom is 0.219 e. The van der Waals surface area contributed by atoms with Crippen molar-refractivity contribution in [3.05, 3.63) is 54.9 Å². The van der Waals surface area contributed by atoms with Crippen molar-refractivity contribution < 1.29 is 0 Å². The Kier molecular flexibility index (Phi) is 4.47. The third-order valence-corrected chi connectivity index (χ3v) is 5.25. The van der Waals surface area contributed by atoms with Crippen LogP contribution in [0.2, 0.25) is 0 Å². The number of benzene rings is 2. The molecule has 9 heteroatoms. The lowest BCUT2D eigenvalue weighted by Gasteiger charge is -2.25. The number of nitrogens with two attached hydrogens (primary N) is 1. The van der Waals surface area contributed by atoms with Gasteiger partial charge in [0.15, 0.2) is 0 Å². The van der Waals surface area contributed by atoms with E-state index in [0.29, 0.717) is 5.82 Å².